The van der Waals surface area contributed by atoms with E-state index < -0.39 is 22.3 Å². The number of fused-ring (bicyclic) bond motifs is 1. The second kappa shape index (κ2) is 9.20. The molecule has 1 aromatic heterocycles. The van der Waals surface area contributed by atoms with Gasteiger partial charge in [0.2, 0.25) is 0 Å². The standard InChI is InChI=1S/C26H27F3N4O4/c1-16-11-17(24-13-18-12-19(26(27,28)29)3-5-22(18)37-24)7-10-32(16)20-4-6-23(21(14-20)33(34)35)36-15-25(2)30-8-9-31-25/h3-6,8-9,12-14,16-17,30-31H,7,10-11,15H2,1-2H3. The summed E-state index contributed by atoms with van der Waals surface area (Å²) in [7, 11) is 0. The van der Waals surface area contributed by atoms with Gasteiger partial charge in [-0.1, -0.05) is 0 Å². The summed E-state index contributed by atoms with van der Waals surface area (Å²) in [4.78, 5) is 13.5. The zero-order chi connectivity index (χ0) is 26.4. The van der Waals surface area contributed by atoms with Gasteiger partial charge in [0.25, 0.3) is 0 Å². The van der Waals surface area contributed by atoms with Crippen LogP contribution in [0.25, 0.3) is 11.0 Å². The normalized spacial score (nSPS) is 21.1. The van der Waals surface area contributed by atoms with Crippen molar-refractivity contribution >= 4 is 22.3 Å². The van der Waals surface area contributed by atoms with E-state index in [2.05, 4.69) is 15.5 Å². The topological polar surface area (TPSA) is 92.8 Å². The fourth-order valence-electron chi connectivity index (χ4n) is 5.00. The number of anilines is 1. The molecule has 2 aromatic carbocycles. The number of rotatable bonds is 6. The predicted molar refractivity (Wildman–Crippen MR) is 132 cm³/mol. The van der Waals surface area contributed by atoms with Crippen LogP contribution in [0.5, 0.6) is 5.75 Å². The van der Waals surface area contributed by atoms with E-state index in [1.54, 1.807) is 24.5 Å². The Morgan fingerprint density at radius 3 is 2.62 bits per heavy atom. The summed E-state index contributed by atoms with van der Waals surface area (Å²) in [6, 6.07) is 10.2. The second-order valence-electron chi connectivity index (χ2n) is 9.81. The van der Waals surface area contributed by atoms with Crippen LogP contribution < -0.4 is 20.3 Å². The highest BCUT2D eigenvalue weighted by Crippen LogP contribution is 2.40. The van der Waals surface area contributed by atoms with Crippen molar-refractivity contribution in [3.8, 4) is 5.75 Å². The SMILES string of the molecule is CC1CC(c2cc3cc(C(F)(F)F)ccc3o2)CCN1c1ccc(OCC2(C)NC=CN2)c([N+](=O)[O-])c1. The van der Waals surface area contributed by atoms with Crippen molar-refractivity contribution in [3.63, 3.8) is 0 Å². The van der Waals surface area contributed by atoms with Crippen LogP contribution >= 0.6 is 0 Å². The fraction of sp³-hybridized carbons (Fsp3) is 0.385. The lowest BCUT2D eigenvalue weighted by molar-refractivity contribution is -0.385. The lowest BCUT2D eigenvalue weighted by Gasteiger charge is -2.38. The summed E-state index contributed by atoms with van der Waals surface area (Å²) < 4.78 is 50.9. The first kappa shape index (κ1) is 24.8. The number of ether oxygens (including phenoxy) is 1. The monoisotopic (exact) mass is 516 g/mol. The number of nitrogens with zero attached hydrogens (tertiary/aromatic N) is 2. The van der Waals surface area contributed by atoms with Crippen LogP contribution in [-0.2, 0) is 6.18 Å². The first-order chi connectivity index (χ1) is 17.5. The molecule has 1 fully saturated rings. The van der Waals surface area contributed by atoms with Crippen molar-refractivity contribution in [2.45, 2.75) is 50.5 Å². The van der Waals surface area contributed by atoms with Gasteiger partial charge in [-0.15, -0.1) is 0 Å². The molecule has 8 nitrogen and oxygen atoms in total. The summed E-state index contributed by atoms with van der Waals surface area (Å²) in [6.07, 6.45) is 0.480. The molecule has 0 spiro atoms. The van der Waals surface area contributed by atoms with Crippen molar-refractivity contribution in [3.05, 3.63) is 76.3 Å². The van der Waals surface area contributed by atoms with E-state index in [1.807, 2.05) is 19.9 Å². The number of nitro benzene ring substituents is 1. The van der Waals surface area contributed by atoms with Crippen molar-refractivity contribution < 1.29 is 27.2 Å². The molecule has 1 saturated heterocycles. The molecular formula is C26H27F3N4O4. The average molecular weight is 517 g/mol. The van der Waals surface area contributed by atoms with Crippen LogP contribution in [0, 0.1) is 10.1 Å². The molecule has 0 bridgehead atoms. The molecule has 5 rings (SSSR count). The molecule has 3 heterocycles. The average Bonchev–Trinajstić information content (AvgIpc) is 3.48. The minimum atomic E-state index is -4.41. The van der Waals surface area contributed by atoms with E-state index >= 15 is 0 Å². The highest BCUT2D eigenvalue weighted by atomic mass is 19.4. The number of hydrogen-bond acceptors (Lipinski definition) is 7. The molecule has 2 aliphatic rings. The molecule has 196 valence electrons. The molecule has 2 atom stereocenters. The maximum absolute atomic E-state index is 13.1. The number of nitrogens with one attached hydrogen (secondary N) is 2. The molecule has 2 unspecified atom stereocenters. The Morgan fingerprint density at radius 1 is 1.19 bits per heavy atom. The van der Waals surface area contributed by atoms with Crippen LogP contribution in [0.15, 0.2) is 59.3 Å². The van der Waals surface area contributed by atoms with Gasteiger partial charge in [0, 0.05) is 48.0 Å². The van der Waals surface area contributed by atoms with E-state index in [0.717, 1.165) is 17.8 Å². The molecule has 0 saturated carbocycles. The lowest BCUT2D eigenvalue weighted by atomic mass is 9.89. The minimum absolute atomic E-state index is 0.0287. The van der Waals surface area contributed by atoms with E-state index in [4.69, 9.17) is 9.15 Å². The van der Waals surface area contributed by atoms with Gasteiger partial charge in [-0.05, 0) is 63.1 Å². The van der Waals surface area contributed by atoms with Gasteiger partial charge in [-0.3, -0.25) is 10.1 Å². The van der Waals surface area contributed by atoms with E-state index in [9.17, 15) is 23.3 Å². The molecule has 0 aliphatic carbocycles. The summed E-state index contributed by atoms with van der Waals surface area (Å²) in [6.45, 7) is 4.71. The van der Waals surface area contributed by atoms with Gasteiger partial charge in [-0.25, -0.2) is 0 Å². The van der Waals surface area contributed by atoms with E-state index in [0.29, 0.717) is 36.1 Å². The van der Waals surface area contributed by atoms with Crippen LogP contribution in [-0.4, -0.2) is 29.8 Å². The summed E-state index contributed by atoms with van der Waals surface area (Å²) >= 11 is 0. The molecule has 2 aliphatic heterocycles. The third-order valence-electron chi connectivity index (χ3n) is 7.02. The number of hydrogen-bond donors (Lipinski definition) is 2. The zero-order valence-corrected chi connectivity index (χ0v) is 20.3. The Morgan fingerprint density at radius 2 is 1.95 bits per heavy atom. The zero-order valence-electron chi connectivity index (χ0n) is 20.3. The Hall–Kier alpha value is -3.89. The Bertz CT molecular complexity index is 1350. The van der Waals surface area contributed by atoms with Crippen molar-refractivity contribution in [1.29, 1.82) is 0 Å². The van der Waals surface area contributed by atoms with Crippen molar-refractivity contribution in [2.75, 3.05) is 18.1 Å². The van der Waals surface area contributed by atoms with Crippen LogP contribution in [0.2, 0.25) is 0 Å². The number of alkyl halides is 3. The summed E-state index contributed by atoms with van der Waals surface area (Å²) in [5, 5.41) is 18.4. The number of piperidine rings is 1. The largest absolute Gasteiger partial charge is 0.482 e. The highest BCUT2D eigenvalue weighted by molar-refractivity contribution is 5.79. The number of nitro groups is 1. The van der Waals surface area contributed by atoms with Crippen molar-refractivity contribution in [2.24, 2.45) is 0 Å². The number of halogens is 3. The third kappa shape index (κ3) is 5.03. The number of benzene rings is 2. The van der Waals surface area contributed by atoms with Crippen LogP contribution in [0.3, 0.4) is 0 Å². The van der Waals surface area contributed by atoms with Gasteiger partial charge in [0.15, 0.2) is 5.75 Å². The summed E-state index contributed by atoms with van der Waals surface area (Å²) in [5.41, 5.74) is -0.218. The summed E-state index contributed by atoms with van der Waals surface area (Å²) in [5.74, 6) is 0.882. The third-order valence-corrected chi connectivity index (χ3v) is 7.02. The lowest BCUT2D eigenvalue weighted by Crippen LogP contribution is -2.50. The predicted octanol–water partition coefficient (Wildman–Crippen LogP) is 5.89. The molecule has 2 N–H and O–H groups in total. The minimum Gasteiger partial charge on any atom is -0.482 e. The maximum Gasteiger partial charge on any atom is 0.416 e. The number of furan rings is 1. The van der Waals surface area contributed by atoms with Gasteiger partial charge < -0.3 is 24.7 Å². The first-order valence-corrected chi connectivity index (χ1v) is 12.0. The van der Waals surface area contributed by atoms with Crippen molar-refractivity contribution in [1.82, 2.24) is 10.6 Å². The molecule has 11 heteroatoms. The molecule has 0 amide bonds. The second-order valence-corrected chi connectivity index (χ2v) is 9.81. The first-order valence-electron chi connectivity index (χ1n) is 12.0. The Balaban J connectivity index is 1.30. The molecule has 3 aromatic rings. The van der Waals surface area contributed by atoms with Gasteiger partial charge in [-0.2, -0.15) is 13.2 Å². The smallest absolute Gasteiger partial charge is 0.416 e. The molecule has 37 heavy (non-hydrogen) atoms. The maximum atomic E-state index is 13.1. The molecule has 0 radical (unpaired) electrons. The Kier molecular flexibility index (Phi) is 6.17. The van der Waals surface area contributed by atoms with E-state index in [-0.39, 0.29) is 30.0 Å². The van der Waals surface area contributed by atoms with E-state index in [1.165, 1.54) is 12.1 Å². The quantitative estimate of drug-likeness (QED) is 0.312. The Labute approximate surface area is 211 Å². The van der Waals surface area contributed by atoms with Gasteiger partial charge in [0.05, 0.1) is 10.5 Å². The van der Waals surface area contributed by atoms with Crippen LogP contribution in [0.4, 0.5) is 24.5 Å². The molecular weight excluding hydrogens is 489 g/mol. The van der Waals surface area contributed by atoms with Crippen LogP contribution in [0.1, 0.15) is 43.9 Å². The fourth-order valence-corrected chi connectivity index (χ4v) is 5.00. The van der Waals surface area contributed by atoms with Gasteiger partial charge >= 0.3 is 11.9 Å². The van der Waals surface area contributed by atoms with Gasteiger partial charge in [0.1, 0.15) is 23.6 Å². The highest BCUT2D eigenvalue weighted by Gasteiger charge is 2.33.